The first-order chi connectivity index (χ1) is 15.2. The van der Waals surface area contributed by atoms with E-state index in [1.54, 1.807) is 6.07 Å². The van der Waals surface area contributed by atoms with E-state index < -0.39 is 5.76 Å². The summed E-state index contributed by atoms with van der Waals surface area (Å²) >= 11 is 0. The van der Waals surface area contributed by atoms with E-state index >= 15 is 0 Å². The molecule has 7 heteroatoms. The van der Waals surface area contributed by atoms with Crippen molar-refractivity contribution in [2.24, 2.45) is 0 Å². The highest BCUT2D eigenvalue weighted by Crippen LogP contribution is 2.30. The molecule has 1 aliphatic carbocycles. The highest BCUT2D eigenvalue weighted by molar-refractivity contribution is 5.77. The maximum Gasteiger partial charge on any atom is 0.419 e. The number of amides is 1. The summed E-state index contributed by atoms with van der Waals surface area (Å²) in [6, 6.07) is 17.5. The summed E-state index contributed by atoms with van der Waals surface area (Å²) in [7, 11) is 0. The fourth-order valence-electron chi connectivity index (χ4n) is 4.37. The molecule has 1 atom stereocenters. The number of nitrogens with one attached hydrogen (secondary N) is 1. The van der Waals surface area contributed by atoms with E-state index in [4.69, 9.17) is 4.42 Å². The minimum atomic E-state index is -0.434. The van der Waals surface area contributed by atoms with Crippen LogP contribution in [0.25, 0.3) is 11.1 Å². The van der Waals surface area contributed by atoms with Gasteiger partial charge in [-0.25, -0.2) is 4.79 Å². The molecule has 1 N–H and O–H groups in total. The van der Waals surface area contributed by atoms with Crippen LogP contribution in [0.4, 0.5) is 0 Å². The Morgan fingerprint density at radius 3 is 2.81 bits per heavy atom. The van der Waals surface area contributed by atoms with Crippen LogP contribution in [0.3, 0.4) is 0 Å². The average molecular weight is 416 g/mol. The minimum absolute atomic E-state index is 0.0430. The Hall–Kier alpha value is -3.61. The summed E-state index contributed by atoms with van der Waals surface area (Å²) in [5.74, 6) is -0.512. The van der Waals surface area contributed by atoms with Crippen LogP contribution in [0.2, 0.25) is 0 Å². The predicted octanol–water partition coefficient (Wildman–Crippen LogP) is 3.42. The maximum atomic E-state index is 12.7. The lowest BCUT2D eigenvalue weighted by Gasteiger charge is -2.24. The lowest BCUT2D eigenvalue weighted by molar-refractivity contribution is -0.122. The monoisotopic (exact) mass is 416 g/mol. The Balaban J connectivity index is 1.26. The largest absolute Gasteiger partial charge is 0.419 e. The summed E-state index contributed by atoms with van der Waals surface area (Å²) in [5, 5.41) is 7.73. The van der Waals surface area contributed by atoms with Crippen molar-refractivity contribution >= 4 is 17.0 Å². The van der Waals surface area contributed by atoms with Crippen LogP contribution in [0.5, 0.6) is 0 Å². The first kappa shape index (κ1) is 19.4. The number of hydrogen-bond donors (Lipinski definition) is 1. The lowest BCUT2D eigenvalue weighted by Crippen LogP contribution is -2.32. The molecule has 1 unspecified atom stereocenters. The number of para-hydroxylation sites is 2. The summed E-state index contributed by atoms with van der Waals surface area (Å²) in [5.41, 5.74) is 4.74. The number of nitrogens with zero attached hydrogens (tertiary/aromatic N) is 3. The fourth-order valence-corrected chi connectivity index (χ4v) is 4.37. The van der Waals surface area contributed by atoms with Crippen molar-refractivity contribution < 1.29 is 9.21 Å². The molecule has 1 amide bonds. The Morgan fingerprint density at radius 1 is 1.13 bits per heavy atom. The van der Waals surface area contributed by atoms with E-state index in [9.17, 15) is 9.59 Å². The molecular formula is C24H24N4O3. The molecule has 4 aromatic rings. The summed E-state index contributed by atoms with van der Waals surface area (Å²) in [4.78, 5) is 24.8. The Bertz CT molecular complexity index is 1270. The number of oxazole rings is 1. The molecule has 2 heterocycles. The first-order valence-electron chi connectivity index (χ1n) is 10.7. The smallest absolute Gasteiger partial charge is 0.408 e. The van der Waals surface area contributed by atoms with Crippen LogP contribution in [-0.4, -0.2) is 20.3 Å². The molecule has 0 spiro atoms. The molecule has 31 heavy (non-hydrogen) atoms. The van der Waals surface area contributed by atoms with Crippen molar-refractivity contribution in [2.75, 3.05) is 0 Å². The van der Waals surface area contributed by atoms with E-state index in [1.807, 2.05) is 47.3 Å². The predicted molar refractivity (Wildman–Crippen MR) is 117 cm³/mol. The van der Waals surface area contributed by atoms with E-state index in [-0.39, 0.29) is 24.9 Å². The number of hydrogen-bond acceptors (Lipinski definition) is 4. The van der Waals surface area contributed by atoms with Gasteiger partial charge in [0.2, 0.25) is 5.91 Å². The standard InChI is InChI=1S/C24H24N4O3/c29-23(13-14-27-21-10-4-5-12-22(21)31-24(27)30)26-19-9-6-11-20-18(19)15-25-28(20)16-17-7-2-1-3-8-17/h1-5,7-8,10,12,15,19H,6,9,11,13-14,16H2,(H,26,29). The molecule has 2 aromatic heterocycles. The minimum Gasteiger partial charge on any atom is -0.408 e. The van der Waals surface area contributed by atoms with E-state index in [1.165, 1.54) is 15.8 Å². The van der Waals surface area contributed by atoms with Crippen molar-refractivity contribution in [3.8, 4) is 0 Å². The van der Waals surface area contributed by atoms with Crippen LogP contribution >= 0.6 is 0 Å². The van der Waals surface area contributed by atoms with Gasteiger partial charge in [-0.15, -0.1) is 0 Å². The molecule has 1 aliphatic rings. The maximum absolute atomic E-state index is 12.7. The van der Waals surface area contributed by atoms with Crippen LogP contribution in [0, 0.1) is 0 Å². The zero-order chi connectivity index (χ0) is 21.2. The van der Waals surface area contributed by atoms with E-state index in [0.717, 1.165) is 31.4 Å². The van der Waals surface area contributed by atoms with Gasteiger partial charge in [-0.1, -0.05) is 42.5 Å². The second kappa shape index (κ2) is 8.26. The van der Waals surface area contributed by atoms with Gasteiger partial charge in [0.15, 0.2) is 5.58 Å². The molecule has 0 fully saturated rings. The van der Waals surface area contributed by atoms with Crippen molar-refractivity contribution in [1.82, 2.24) is 19.7 Å². The Labute approximate surface area is 179 Å². The van der Waals surface area contributed by atoms with Gasteiger partial charge in [-0.3, -0.25) is 14.0 Å². The molecule has 0 aliphatic heterocycles. The molecule has 7 nitrogen and oxygen atoms in total. The second-order valence-corrected chi connectivity index (χ2v) is 7.94. The summed E-state index contributed by atoms with van der Waals surface area (Å²) in [6.07, 6.45) is 4.96. The SMILES string of the molecule is O=C(CCn1c(=O)oc2ccccc21)NC1CCCc2c1cnn2Cc1ccccc1. The number of aryl methyl sites for hydroxylation is 1. The van der Waals surface area contributed by atoms with Crippen molar-refractivity contribution in [3.63, 3.8) is 0 Å². The molecule has 158 valence electrons. The molecule has 0 bridgehead atoms. The van der Waals surface area contributed by atoms with Crippen LogP contribution < -0.4 is 11.1 Å². The number of rotatable bonds is 6. The number of fused-ring (bicyclic) bond motifs is 2. The van der Waals surface area contributed by atoms with E-state index in [0.29, 0.717) is 11.1 Å². The van der Waals surface area contributed by atoms with Gasteiger partial charge < -0.3 is 9.73 Å². The fraction of sp³-hybridized carbons (Fsp3) is 0.292. The molecule has 0 radical (unpaired) electrons. The molecule has 5 rings (SSSR count). The second-order valence-electron chi connectivity index (χ2n) is 7.94. The zero-order valence-electron chi connectivity index (χ0n) is 17.2. The topological polar surface area (TPSA) is 82.1 Å². The highest BCUT2D eigenvalue weighted by Gasteiger charge is 2.25. The molecule has 0 saturated heterocycles. The third-order valence-corrected chi connectivity index (χ3v) is 5.91. The van der Waals surface area contributed by atoms with Gasteiger partial charge in [0, 0.05) is 24.2 Å². The Morgan fingerprint density at radius 2 is 1.94 bits per heavy atom. The number of benzene rings is 2. The summed E-state index contributed by atoms with van der Waals surface area (Å²) in [6.45, 7) is 1.02. The average Bonchev–Trinajstić information content (AvgIpc) is 3.34. The van der Waals surface area contributed by atoms with Crippen LogP contribution in [0.15, 0.2) is 70.0 Å². The van der Waals surface area contributed by atoms with Gasteiger partial charge in [0.1, 0.15) is 0 Å². The summed E-state index contributed by atoms with van der Waals surface area (Å²) < 4.78 is 8.80. The quantitative estimate of drug-likeness (QED) is 0.522. The van der Waals surface area contributed by atoms with Gasteiger partial charge in [0.25, 0.3) is 0 Å². The van der Waals surface area contributed by atoms with Gasteiger partial charge >= 0.3 is 5.76 Å². The van der Waals surface area contributed by atoms with Gasteiger partial charge in [0.05, 0.1) is 24.3 Å². The third-order valence-electron chi connectivity index (χ3n) is 5.91. The van der Waals surface area contributed by atoms with Gasteiger partial charge in [-0.05, 0) is 37.0 Å². The zero-order valence-corrected chi connectivity index (χ0v) is 17.2. The Kier molecular flexibility index (Phi) is 5.16. The molecule has 2 aromatic carbocycles. The number of aromatic nitrogens is 3. The van der Waals surface area contributed by atoms with Crippen molar-refractivity contribution in [2.45, 2.75) is 44.8 Å². The first-order valence-corrected chi connectivity index (χ1v) is 10.7. The number of carbonyl (C=O) groups excluding carboxylic acids is 1. The van der Waals surface area contributed by atoms with Gasteiger partial charge in [-0.2, -0.15) is 5.10 Å². The molecule has 0 saturated carbocycles. The van der Waals surface area contributed by atoms with Crippen molar-refractivity contribution in [3.05, 3.63) is 88.2 Å². The van der Waals surface area contributed by atoms with E-state index in [2.05, 4.69) is 22.5 Å². The lowest BCUT2D eigenvalue weighted by atomic mass is 9.92. The number of carbonyl (C=O) groups is 1. The van der Waals surface area contributed by atoms with Crippen LogP contribution in [-0.2, 0) is 24.3 Å². The third kappa shape index (κ3) is 3.91. The highest BCUT2D eigenvalue weighted by atomic mass is 16.4. The molecular weight excluding hydrogens is 392 g/mol. The van der Waals surface area contributed by atoms with Crippen molar-refractivity contribution in [1.29, 1.82) is 0 Å². The normalized spacial score (nSPS) is 15.7. The van der Waals surface area contributed by atoms with Crippen LogP contribution in [0.1, 0.15) is 42.1 Å².